The van der Waals surface area contributed by atoms with Crippen molar-refractivity contribution in [1.82, 2.24) is 0 Å². The van der Waals surface area contributed by atoms with Crippen molar-refractivity contribution in [1.29, 1.82) is 0 Å². The summed E-state index contributed by atoms with van der Waals surface area (Å²) in [5.74, 6) is -0.105. The Balaban J connectivity index is 2.43. The molecule has 0 amide bonds. The number of hydrogen-bond donors (Lipinski definition) is 0. The smallest absolute Gasteiger partial charge is 0.123 e. The Hall–Kier alpha value is -0.850. The van der Waals surface area contributed by atoms with E-state index in [-0.39, 0.29) is 5.82 Å². The van der Waals surface area contributed by atoms with Crippen molar-refractivity contribution >= 4 is 0 Å². The molecule has 1 aromatic carbocycles. The Morgan fingerprint density at radius 3 is 2.58 bits per heavy atom. The van der Waals surface area contributed by atoms with E-state index in [4.69, 9.17) is 0 Å². The highest BCUT2D eigenvalue weighted by molar-refractivity contribution is 5.34. The van der Waals surface area contributed by atoms with Crippen LogP contribution < -0.4 is 0 Å². The van der Waals surface area contributed by atoms with Gasteiger partial charge in [-0.2, -0.15) is 0 Å². The molecule has 0 fully saturated rings. The summed E-state index contributed by atoms with van der Waals surface area (Å²) >= 11 is 0. The predicted octanol–water partition coefficient (Wildman–Crippen LogP) is 2.95. The number of fused-ring (bicyclic) bond motifs is 1. The lowest BCUT2D eigenvalue weighted by atomic mass is 9.90. The number of benzene rings is 1. The molecule has 0 unspecified atom stereocenters. The molecule has 0 saturated carbocycles. The van der Waals surface area contributed by atoms with Gasteiger partial charge in [0.25, 0.3) is 0 Å². The van der Waals surface area contributed by atoms with Gasteiger partial charge in [0.1, 0.15) is 5.82 Å². The zero-order valence-electron chi connectivity index (χ0n) is 7.52. The van der Waals surface area contributed by atoms with Crippen molar-refractivity contribution in [3.63, 3.8) is 0 Å². The van der Waals surface area contributed by atoms with E-state index in [1.54, 1.807) is 12.1 Å². The normalized spacial score (nSPS) is 19.2. The fourth-order valence-corrected chi connectivity index (χ4v) is 2.03. The molecular formula is C11H13F. The molecule has 0 aliphatic heterocycles. The van der Waals surface area contributed by atoms with Gasteiger partial charge >= 0.3 is 0 Å². The highest BCUT2D eigenvalue weighted by Crippen LogP contribution is 2.36. The molecule has 12 heavy (non-hydrogen) atoms. The van der Waals surface area contributed by atoms with Crippen molar-refractivity contribution < 1.29 is 4.39 Å². The standard InChI is InChI=1S/C11H13F/c1-11(2)6-8-3-4-10(12)5-9(8)7-11/h3-5H,6-7H2,1-2H3. The first kappa shape index (κ1) is 7.78. The second-order valence-corrected chi connectivity index (χ2v) is 4.43. The van der Waals surface area contributed by atoms with Crippen LogP contribution in [0, 0.1) is 11.2 Å². The van der Waals surface area contributed by atoms with Crippen LogP contribution in [0.25, 0.3) is 0 Å². The fraction of sp³-hybridized carbons (Fsp3) is 0.455. The number of halogens is 1. The molecular weight excluding hydrogens is 151 g/mol. The molecule has 0 radical (unpaired) electrons. The van der Waals surface area contributed by atoms with Crippen LogP contribution in [-0.2, 0) is 12.8 Å². The summed E-state index contributed by atoms with van der Waals surface area (Å²) in [7, 11) is 0. The molecule has 0 spiro atoms. The summed E-state index contributed by atoms with van der Waals surface area (Å²) in [6, 6.07) is 5.14. The average molecular weight is 164 g/mol. The van der Waals surface area contributed by atoms with Crippen molar-refractivity contribution in [3.8, 4) is 0 Å². The molecule has 2 rings (SSSR count). The van der Waals surface area contributed by atoms with Gasteiger partial charge < -0.3 is 0 Å². The third kappa shape index (κ3) is 1.24. The lowest BCUT2D eigenvalue weighted by molar-refractivity contribution is 0.392. The van der Waals surface area contributed by atoms with Crippen LogP contribution in [0.15, 0.2) is 18.2 Å². The predicted molar refractivity (Wildman–Crippen MR) is 47.6 cm³/mol. The summed E-state index contributed by atoms with van der Waals surface area (Å²) in [6.45, 7) is 4.45. The molecule has 0 heterocycles. The van der Waals surface area contributed by atoms with E-state index in [9.17, 15) is 4.39 Å². The Morgan fingerprint density at radius 1 is 1.17 bits per heavy atom. The Morgan fingerprint density at radius 2 is 1.83 bits per heavy atom. The van der Waals surface area contributed by atoms with Crippen molar-refractivity contribution in [2.24, 2.45) is 5.41 Å². The van der Waals surface area contributed by atoms with E-state index in [1.165, 1.54) is 11.1 Å². The highest BCUT2D eigenvalue weighted by Gasteiger charge is 2.27. The van der Waals surface area contributed by atoms with Gasteiger partial charge in [-0.3, -0.25) is 0 Å². The Bertz CT molecular complexity index is 313. The highest BCUT2D eigenvalue weighted by atomic mass is 19.1. The zero-order chi connectivity index (χ0) is 8.77. The van der Waals surface area contributed by atoms with E-state index in [1.807, 2.05) is 6.07 Å². The molecule has 1 aliphatic rings. The Labute approximate surface area is 72.4 Å². The minimum absolute atomic E-state index is 0.105. The van der Waals surface area contributed by atoms with E-state index >= 15 is 0 Å². The van der Waals surface area contributed by atoms with Crippen LogP contribution in [-0.4, -0.2) is 0 Å². The maximum Gasteiger partial charge on any atom is 0.123 e. The van der Waals surface area contributed by atoms with E-state index in [0.29, 0.717) is 5.41 Å². The Kier molecular flexibility index (Phi) is 1.50. The molecule has 0 N–H and O–H groups in total. The zero-order valence-corrected chi connectivity index (χ0v) is 7.52. The first-order valence-electron chi connectivity index (χ1n) is 4.34. The number of rotatable bonds is 0. The quantitative estimate of drug-likeness (QED) is 0.553. The summed E-state index contributed by atoms with van der Waals surface area (Å²) in [4.78, 5) is 0. The maximum atomic E-state index is 12.8. The lowest BCUT2D eigenvalue weighted by Crippen LogP contribution is -2.09. The third-order valence-electron chi connectivity index (χ3n) is 2.51. The van der Waals surface area contributed by atoms with Gasteiger partial charge in [-0.25, -0.2) is 4.39 Å². The van der Waals surface area contributed by atoms with Gasteiger partial charge in [-0.05, 0) is 41.5 Å². The van der Waals surface area contributed by atoms with Crippen LogP contribution in [0.3, 0.4) is 0 Å². The molecule has 0 nitrogen and oxygen atoms in total. The minimum Gasteiger partial charge on any atom is -0.207 e. The number of hydrogen-bond acceptors (Lipinski definition) is 0. The molecule has 0 atom stereocenters. The SMILES string of the molecule is CC1(C)Cc2ccc(F)cc2C1. The minimum atomic E-state index is -0.105. The van der Waals surface area contributed by atoms with Crippen molar-refractivity contribution in [2.45, 2.75) is 26.7 Å². The van der Waals surface area contributed by atoms with Crippen LogP contribution >= 0.6 is 0 Å². The second-order valence-electron chi connectivity index (χ2n) is 4.43. The van der Waals surface area contributed by atoms with Gasteiger partial charge in [-0.15, -0.1) is 0 Å². The van der Waals surface area contributed by atoms with Crippen LogP contribution in [0.4, 0.5) is 4.39 Å². The molecule has 1 heteroatoms. The van der Waals surface area contributed by atoms with Crippen LogP contribution in [0.2, 0.25) is 0 Å². The molecule has 1 aliphatic carbocycles. The van der Waals surface area contributed by atoms with E-state index < -0.39 is 0 Å². The molecule has 0 aromatic heterocycles. The van der Waals surface area contributed by atoms with Gasteiger partial charge in [0.05, 0.1) is 0 Å². The largest absolute Gasteiger partial charge is 0.207 e. The second kappa shape index (κ2) is 2.32. The van der Waals surface area contributed by atoms with Crippen molar-refractivity contribution in [3.05, 3.63) is 35.1 Å². The van der Waals surface area contributed by atoms with Crippen molar-refractivity contribution in [2.75, 3.05) is 0 Å². The topological polar surface area (TPSA) is 0 Å². The first-order valence-corrected chi connectivity index (χ1v) is 4.34. The van der Waals surface area contributed by atoms with Gasteiger partial charge in [-0.1, -0.05) is 19.9 Å². The lowest BCUT2D eigenvalue weighted by Gasteiger charge is -2.14. The van der Waals surface area contributed by atoms with Crippen LogP contribution in [0.1, 0.15) is 25.0 Å². The summed E-state index contributed by atoms with van der Waals surface area (Å²) in [6.07, 6.45) is 2.10. The molecule has 0 saturated heterocycles. The molecule has 0 bridgehead atoms. The van der Waals surface area contributed by atoms with Gasteiger partial charge in [0.2, 0.25) is 0 Å². The average Bonchev–Trinajstić information content (AvgIpc) is 2.21. The van der Waals surface area contributed by atoms with Gasteiger partial charge in [0, 0.05) is 0 Å². The summed E-state index contributed by atoms with van der Waals surface area (Å²) in [5, 5.41) is 0. The van der Waals surface area contributed by atoms with Crippen LogP contribution in [0.5, 0.6) is 0 Å². The fourth-order valence-electron chi connectivity index (χ4n) is 2.03. The molecule has 1 aromatic rings. The summed E-state index contributed by atoms with van der Waals surface area (Å²) in [5.41, 5.74) is 2.84. The summed E-state index contributed by atoms with van der Waals surface area (Å²) < 4.78 is 12.8. The van der Waals surface area contributed by atoms with E-state index in [0.717, 1.165) is 12.8 Å². The van der Waals surface area contributed by atoms with Gasteiger partial charge in [0.15, 0.2) is 0 Å². The maximum absolute atomic E-state index is 12.8. The monoisotopic (exact) mass is 164 g/mol. The molecule has 64 valence electrons. The first-order chi connectivity index (χ1) is 5.57. The van der Waals surface area contributed by atoms with E-state index in [2.05, 4.69) is 13.8 Å². The third-order valence-corrected chi connectivity index (χ3v) is 2.51.